The largest absolute Gasteiger partial charge is 0.481 e. The van der Waals surface area contributed by atoms with Gasteiger partial charge in [-0.3, -0.25) is 10.1 Å². The van der Waals surface area contributed by atoms with Crippen molar-refractivity contribution in [1.82, 2.24) is 0 Å². The number of carbonyl (C=O) groups is 1. The van der Waals surface area contributed by atoms with Gasteiger partial charge in [-0.05, 0) is 38.5 Å². The number of aliphatic carboxylic acids is 1. The Labute approximate surface area is 134 Å². The summed E-state index contributed by atoms with van der Waals surface area (Å²) in [6, 6.07) is 0. The van der Waals surface area contributed by atoms with Gasteiger partial charge in [-0.25, -0.2) is 4.89 Å². The molecule has 4 nitrogen and oxygen atoms in total. The van der Waals surface area contributed by atoms with Crippen LogP contribution in [0.2, 0.25) is 0 Å². The molecule has 2 N–H and O–H groups in total. The lowest BCUT2D eigenvalue weighted by atomic mass is 10.1. The molecule has 0 atom stereocenters. The van der Waals surface area contributed by atoms with Crippen LogP contribution in [-0.4, -0.2) is 22.9 Å². The summed E-state index contributed by atoms with van der Waals surface area (Å²) >= 11 is 0. The fourth-order valence-corrected chi connectivity index (χ4v) is 2.20. The quantitative estimate of drug-likeness (QED) is 0.174. The van der Waals surface area contributed by atoms with Crippen LogP contribution in [0.3, 0.4) is 0 Å². The van der Waals surface area contributed by atoms with E-state index in [9.17, 15) is 4.79 Å². The van der Waals surface area contributed by atoms with E-state index < -0.39 is 5.97 Å². The minimum absolute atomic E-state index is 0.310. The van der Waals surface area contributed by atoms with E-state index in [1.54, 1.807) is 0 Å². The number of hydrogen-bond donors (Lipinski definition) is 2. The van der Waals surface area contributed by atoms with Crippen molar-refractivity contribution in [2.45, 2.75) is 77.0 Å². The highest BCUT2D eigenvalue weighted by Crippen LogP contribution is 2.09. The number of unbranched alkanes of at least 4 members (excludes halogenated alkanes) is 9. The topological polar surface area (TPSA) is 66.8 Å². The molecule has 0 fully saturated rings. The summed E-state index contributed by atoms with van der Waals surface area (Å²) in [5.41, 5.74) is 0. The van der Waals surface area contributed by atoms with Crippen molar-refractivity contribution < 1.29 is 20.0 Å². The molecule has 0 bridgehead atoms. The van der Waals surface area contributed by atoms with Crippen LogP contribution in [-0.2, 0) is 9.68 Å². The van der Waals surface area contributed by atoms with Crippen LogP contribution in [0.4, 0.5) is 0 Å². The first-order valence-electron chi connectivity index (χ1n) is 8.57. The predicted octanol–water partition coefficient (Wildman–Crippen LogP) is 5.35. The van der Waals surface area contributed by atoms with Crippen LogP contribution < -0.4 is 0 Å². The van der Waals surface area contributed by atoms with Gasteiger partial charge in [0.2, 0.25) is 0 Å². The molecule has 0 saturated heterocycles. The molecule has 22 heavy (non-hydrogen) atoms. The van der Waals surface area contributed by atoms with E-state index in [-0.39, 0.29) is 0 Å². The first-order valence-corrected chi connectivity index (χ1v) is 8.57. The van der Waals surface area contributed by atoms with E-state index in [4.69, 9.17) is 10.4 Å². The van der Waals surface area contributed by atoms with Crippen molar-refractivity contribution in [2.75, 3.05) is 6.61 Å². The number of carboxylic acids is 1. The van der Waals surface area contributed by atoms with Gasteiger partial charge >= 0.3 is 5.97 Å². The number of carboxylic acid groups (broad SMARTS) is 1. The third kappa shape index (κ3) is 18.9. The smallest absolute Gasteiger partial charge is 0.303 e. The van der Waals surface area contributed by atoms with Crippen LogP contribution in [0.1, 0.15) is 77.0 Å². The summed E-state index contributed by atoms with van der Waals surface area (Å²) < 4.78 is 0. The van der Waals surface area contributed by atoms with Gasteiger partial charge in [-0.15, -0.1) is 0 Å². The number of hydrogen-bond acceptors (Lipinski definition) is 3. The van der Waals surface area contributed by atoms with Gasteiger partial charge in [0.25, 0.3) is 0 Å². The molecule has 4 heteroatoms. The van der Waals surface area contributed by atoms with Gasteiger partial charge in [-0.1, -0.05) is 56.4 Å². The molecule has 0 radical (unpaired) electrons. The van der Waals surface area contributed by atoms with E-state index in [0.717, 1.165) is 51.4 Å². The highest BCUT2D eigenvalue weighted by molar-refractivity contribution is 5.66. The molecule has 0 aromatic rings. The SMILES string of the molecule is O=C(O)CCCCCCCC/C=C/C=C/CCCCCOO. The molecule has 0 amide bonds. The molecular formula is C18H32O4. The second kappa shape index (κ2) is 17.9. The van der Waals surface area contributed by atoms with E-state index >= 15 is 0 Å². The maximum absolute atomic E-state index is 10.3. The molecule has 0 aromatic heterocycles. The van der Waals surface area contributed by atoms with E-state index in [2.05, 4.69) is 29.2 Å². The summed E-state index contributed by atoms with van der Waals surface area (Å²) in [5.74, 6) is -0.683. The number of allylic oxidation sites excluding steroid dienone is 4. The Hall–Kier alpha value is -1.13. The Morgan fingerprint density at radius 2 is 1.27 bits per heavy atom. The minimum Gasteiger partial charge on any atom is -0.481 e. The molecule has 0 rings (SSSR count). The average Bonchev–Trinajstić information content (AvgIpc) is 2.50. The molecule has 128 valence electrons. The van der Waals surface area contributed by atoms with Gasteiger partial charge in [-0.2, -0.15) is 0 Å². The zero-order valence-electron chi connectivity index (χ0n) is 13.7. The fraction of sp³-hybridized carbons (Fsp3) is 0.722. The lowest BCUT2D eigenvalue weighted by Gasteiger charge is -1.99. The first-order chi connectivity index (χ1) is 10.8. The van der Waals surface area contributed by atoms with Gasteiger partial charge in [0.1, 0.15) is 0 Å². The maximum Gasteiger partial charge on any atom is 0.303 e. The second-order valence-electron chi connectivity index (χ2n) is 5.59. The normalized spacial score (nSPS) is 11.7. The monoisotopic (exact) mass is 312 g/mol. The van der Waals surface area contributed by atoms with Gasteiger partial charge in [0.15, 0.2) is 0 Å². The molecule has 0 aliphatic carbocycles. The summed E-state index contributed by atoms with van der Waals surface area (Å²) in [6.07, 6.45) is 20.9. The van der Waals surface area contributed by atoms with Crippen molar-refractivity contribution in [3.8, 4) is 0 Å². The molecule has 0 aliphatic heterocycles. The average molecular weight is 312 g/mol. The summed E-state index contributed by atoms with van der Waals surface area (Å²) in [6.45, 7) is 0.434. The Balaban J connectivity index is 3.18. The van der Waals surface area contributed by atoms with Crippen LogP contribution in [0, 0.1) is 0 Å². The predicted molar refractivity (Wildman–Crippen MR) is 89.9 cm³/mol. The van der Waals surface area contributed by atoms with Gasteiger partial charge in [0.05, 0.1) is 6.61 Å². The molecule has 0 heterocycles. The Morgan fingerprint density at radius 1 is 0.773 bits per heavy atom. The minimum atomic E-state index is -0.683. The van der Waals surface area contributed by atoms with Gasteiger partial charge in [0, 0.05) is 6.42 Å². The summed E-state index contributed by atoms with van der Waals surface area (Å²) in [4.78, 5) is 14.4. The summed E-state index contributed by atoms with van der Waals surface area (Å²) in [7, 11) is 0. The Kier molecular flexibility index (Phi) is 17.0. The molecular weight excluding hydrogens is 280 g/mol. The van der Waals surface area contributed by atoms with Crippen molar-refractivity contribution in [3.05, 3.63) is 24.3 Å². The van der Waals surface area contributed by atoms with Crippen LogP contribution in [0.5, 0.6) is 0 Å². The van der Waals surface area contributed by atoms with Crippen molar-refractivity contribution >= 4 is 5.97 Å². The van der Waals surface area contributed by atoms with Crippen molar-refractivity contribution in [2.24, 2.45) is 0 Å². The molecule has 0 aliphatic rings. The Morgan fingerprint density at radius 3 is 1.82 bits per heavy atom. The van der Waals surface area contributed by atoms with Crippen molar-refractivity contribution in [1.29, 1.82) is 0 Å². The first kappa shape index (κ1) is 20.9. The lowest BCUT2D eigenvalue weighted by molar-refractivity contribution is -0.242. The van der Waals surface area contributed by atoms with Crippen LogP contribution >= 0.6 is 0 Å². The van der Waals surface area contributed by atoms with E-state index in [1.807, 2.05) is 0 Å². The van der Waals surface area contributed by atoms with Crippen LogP contribution in [0.15, 0.2) is 24.3 Å². The molecule has 0 spiro atoms. The maximum atomic E-state index is 10.3. The van der Waals surface area contributed by atoms with Crippen LogP contribution in [0.25, 0.3) is 0 Å². The van der Waals surface area contributed by atoms with E-state index in [1.165, 1.54) is 19.3 Å². The second-order valence-corrected chi connectivity index (χ2v) is 5.59. The highest BCUT2D eigenvalue weighted by atomic mass is 17.1. The third-order valence-corrected chi connectivity index (χ3v) is 3.50. The molecule has 0 aromatic carbocycles. The molecule has 0 unspecified atom stereocenters. The lowest BCUT2D eigenvalue weighted by Crippen LogP contribution is -1.93. The summed E-state index contributed by atoms with van der Waals surface area (Å²) in [5, 5.41) is 16.7. The standard InChI is InChI=1S/C18H32O4/c19-18(20)16-14-12-10-8-6-4-2-1-3-5-7-9-11-13-15-17-22-21/h1,3,5,7,21H,2,4,6,8-17H2,(H,19,20)/b3-1+,7-5+. The number of rotatable bonds is 16. The zero-order valence-corrected chi connectivity index (χ0v) is 13.7. The van der Waals surface area contributed by atoms with E-state index in [0.29, 0.717) is 13.0 Å². The van der Waals surface area contributed by atoms with Crippen molar-refractivity contribution in [3.63, 3.8) is 0 Å². The van der Waals surface area contributed by atoms with Gasteiger partial charge < -0.3 is 5.11 Å². The highest BCUT2D eigenvalue weighted by Gasteiger charge is 1.96. The third-order valence-electron chi connectivity index (χ3n) is 3.50. The Bertz CT molecular complexity index is 297. The zero-order chi connectivity index (χ0) is 16.3. The molecule has 0 saturated carbocycles. The fourth-order valence-electron chi connectivity index (χ4n) is 2.20.